The highest BCUT2D eigenvalue weighted by Gasteiger charge is 2.32. The molecule has 0 aromatic carbocycles. The van der Waals surface area contributed by atoms with Gasteiger partial charge in [0.15, 0.2) is 5.96 Å². The predicted molar refractivity (Wildman–Crippen MR) is 90.3 cm³/mol. The van der Waals surface area contributed by atoms with Gasteiger partial charge >= 0.3 is 0 Å². The fraction of sp³-hybridized carbons (Fsp3) is 0.929. The van der Waals surface area contributed by atoms with E-state index >= 15 is 0 Å². The summed E-state index contributed by atoms with van der Waals surface area (Å²) in [6.45, 7) is 9.44. The molecule has 0 aromatic heterocycles. The highest BCUT2D eigenvalue weighted by molar-refractivity contribution is 14.0. The Labute approximate surface area is 134 Å². The molecule has 0 aromatic rings. The minimum atomic E-state index is 0. The minimum absolute atomic E-state index is 0. The largest absolute Gasteiger partial charge is 0.373 e. The fourth-order valence-electron chi connectivity index (χ4n) is 2.55. The van der Waals surface area contributed by atoms with Crippen molar-refractivity contribution < 1.29 is 4.74 Å². The van der Waals surface area contributed by atoms with Gasteiger partial charge in [0.05, 0.1) is 11.7 Å². The second-order valence-corrected chi connectivity index (χ2v) is 6.42. The van der Waals surface area contributed by atoms with Crippen LogP contribution < -0.4 is 10.6 Å². The normalized spacial score (nSPS) is 26.6. The maximum absolute atomic E-state index is 5.94. The van der Waals surface area contributed by atoms with E-state index in [-0.39, 0.29) is 29.6 Å². The van der Waals surface area contributed by atoms with Gasteiger partial charge in [-0.05, 0) is 52.4 Å². The van der Waals surface area contributed by atoms with Gasteiger partial charge < -0.3 is 15.4 Å². The van der Waals surface area contributed by atoms with Crippen molar-refractivity contribution >= 4 is 29.9 Å². The minimum Gasteiger partial charge on any atom is -0.373 e. The van der Waals surface area contributed by atoms with Crippen LogP contribution in [-0.2, 0) is 4.74 Å². The third kappa shape index (κ3) is 6.29. The number of halogens is 1. The molecule has 0 radical (unpaired) electrons. The summed E-state index contributed by atoms with van der Waals surface area (Å²) >= 11 is 0. The van der Waals surface area contributed by atoms with Gasteiger partial charge in [0.1, 0.15) is 0 Å². The maximum atomic E-state index is 5.94. The van der Waals surface area contributed by atoms with E-state index in [1.165, 1.54) is 19.3 Å². The first kappa shape index (κ1) is 17.0. The van der Waals surface area contributed by atoms with Gasteiger partial charge in [-0.1, -0.05) is 0 Å². The van der Waals surface area contributed by atoms with Crippen LogP contribution in [0.4, 0.5) is 0 Å². The summed E-state index contributed by atoms with van der Waals surface area (Å²) in [5.74, 6) is 1.82. The van der Waals surface area contributed by atoms with E-state index in [1.807, 2.05) is 0 Å². The van der Waals surface area contributed by atoms with E-state index in [9.17, 15) is 0 Å². The molecule has 0 atom stereocenters. The van der Waals surface area contributed by atoms with Crippen molar-refractivity contribution in [2.45, 2.75) is 58.2 Å². The molecule has 0 spiro atoms. The summed E-state index contributed by atoms with van der Waals surface area (Å²) in [6, 6.07) is 0. The summed E-state index contributed by atoms with van der Waals surface area (Å²) in [7, 11) is 0. The fourth-order valence-corrected chi connectivity index (χ4v) is 2.55. The third-order valence-electron chi connectivity index (χ3n) is 3.45. The molecule has 1 aliphatic carbocycles. The van der Waals surface area contributed by atoms with Crippen molar-refractivity contribution in [3.63, 3.8) is 0 Å². The molecule has 19 heavy (non-hydrogen) atoms. The monoisotopic (exact) mass is 381 g/mol. The number of rotatable bonds is 4. The first-order valence-electron chi connectivity index (χ1n) is 7.23. The smallest absolute Gasteiger partial charge is 0.191 e. The van der Waals surface area contributed by atoms with E-state index in [4.69, 9.17) is 4.74 Å². The molecule has 4 nitrogen and oxygen atoms in total. The van der Waals surface area contributed by atoms with Crippen molar-refractivity contribution in [1.29, 1.82) is 0 Å². The number of hydrogen-bond donors (Lipinski definition) is 2. The number of ether oxygens (including phenoxy) is 1. The van der Waals surface area contributed by atoms with E-state index in [0.29, 0.717) is 6.10 Å². The zero-order valence-corrected chi connectivity index (χ0v) is 14.7. The van der Waals surface area contributed by atoms with Crippen molar-refractivity contribution in [2.75, 3.05) is 19.6 Å². The summed E-state index contributed by atoms with van der Waals surface area (Å²) < 4.78 is 5.94. The summed E-state index contributed by atoms with van der Waals surface area (Å²) in [6.07, 6.45) is 5.31. The van der Waals surface area contributed by atoms with Crippen LogP contribution in [0.2, 0.25) is 0 Å². The van der Waals surface area contributed by atoms with Gasteiger partial charge in [0.2, 0.25) is 0 Å². The molecule has 0 unspecified atom stereocenters. The molecule has 1 fully saturated rings. The summed E-state index contributed by atoms with van der Waals surface area (Å²) in [5, 5.41) is 6.66. The van der Waals surface area contributed by atoms with Gasteiger partial charge in [0, 0.05) is 19.6 Å². The van der Waals surface area contributed by atoms with Gasteiger partial charge in [-0.2, -0.15) is 0 Å². The van der Waals surface area contributed by atoms with E-state index in [0.717, 1.165) is 37.9 Å². The first-order valence-corrected chi connectivity index (χ1v) is 7.23. The molecule has 112 valence electrons. The quantitative estimate of drug-likeness (QED) is 0.736. The number of guanidine groups is 1. The average molecular weight is 381 g/mol. The Balaban J connectivity index is 0.00000180. The molecule has 0 bridgehead atoms. The highest BCUT2D eigenvalue weighted by Crippen LogP contribution is 2.34. The van der Waals surface area contributed by atoms with Gasteiger partial charge in [-0.3, -0.25) is 4.99 Å². The lowest BCUT2D eigenvalue weighted by atomic mass is 9.79. The number of hydrogen-bond acceptors (Lipinski definition) is 4. The van der Waals surface area contributed by atoms with Crippen LogP contribution in [0.3, 0.4) is 0 Å². The molecular formula is C14H28IN3O. The number of nitrogens with one attached hydrogen (secondary N) is 2. The third-order valence-corrected chi connectivity index (χ3v) is 3.45. The lowest BCUT2D eigenvalue weighted by Crippen LogP contribution is -2.43. The zero-order chi connectivity index (χ0) is 13.0. The first-order chi connectivity index (χ1) is 8.53. The van der Waals surface area contributed by atoms with Crippen molar-refractivity contribution in [3.8, 4) is 0 Å². The molecular weight excluding hydrogens is 353 g/mol. The molecule has 5 heteroatoms. The molecule has 2 aliphatic rings. The van der Waals surface area contributed by atoms with Crippen molar-refractivity contribution in [2.24, 2.45) is 10.9 Å². The Hall–Kier alpha value is -0.0400. The van der Waals surface area contributed by atoms with Crippen LogP contribution in [0.5, 0.6) is 0 Å². The second kappa shape index (κ2) is 7.67. The van der Waals surface area contributed by atoms with E-state index in [2.05, 4.69) is 36.4 Å². The standard InChI is InChI=1S/C14H27N3O.HI/c1-14(2,3)18-12-9-11(10-12)5-8-17-13-15-6-4-7-16-13;/h11-12H,4-10H2,1-3H3,(H2,15,16,17);1H. The van der Waals surface area contributed by atoms with Crippen LogP contribution in [0, 0.1) is 5.92 Å². The molecule has 0 amide bonds. The maximum Gasteiger partial charge on any atom is 0.191 e. The lowest BCUT2D eigenvalue weighted by Gasteiger charge is -2.39. The molecule has 2 rings (SSSR count). The Morgan fingerprint density at radius 3 is 2.68 bits per heavy atom. The molecule has 1 saturated carbocycles. The van der Waals surface area contributed by atoms with E-state index < -0.39 is 0 Å². The molecule has 2 N–H and O–H groups in total. The van der Waals surface area contributed by atoms with E-state index in [1.54, 1.807) is 0 Å². The van der Waals surface area contributed by atoms with Gasteiger partial charge in [-0.15, -0.1) is 24.0 Å². The molecule has 1 aliphatic heterocycles. The summed E-state index contributed by atoms with van der Waals surface area (Å²) in [4.78, 5) is 4.40. The van der Waals surface area contributed by atoms with Crippen LogP contribution in [0.25, 0.3) is 0 Å². The zero-order valence-electron chi connectivity index (χ0n) is 12.4. The lowest BCUT2D eigenvalue weighted by molar-refractivity contribution is -0.112. The highest BCUT2D eigenvalue weighted by atomic mass is 127. The molecule has 0 saturated heterocycles. The van der Waals surface area contributed by atoms with Gasteiger partial charge in [-0.25, -0.2) is 0 Å². The predicted octanol–water partition coefficient (Wildman–Crippen LogP) is 2.53. The number of aliphatic imine (C=N–C) groups is 1. The van der Waals surface area contributed by atoms with Crippen molar-refractivity contribution in [1.82, 2.24) is 10.6 Å². The van der Waals surface area contributed by atoms with Crippen LogP contribution in [-0.4, -0.2) is 37.3 Å². The average Bonchev–Trinajstić information content (AvgIpc) is 2.25. The Kier molecular flexibility index (Phi) is 6.86. The SMILES string of the molecule is CC(C)(C)OC1CC(CCNC2=NCCCN2)C1.I. The van der Waals surface area contributed by atoms with Crippen LogP contribution >= 0.6 is 24.0 Å². The Morgan fingerprint density at radius 2 is 2.11 bits per heavy atom. The molecule has 1 heterocycles. The topological polar surface area (TPSA) is 45.6 Å². The Bertz CT molecular complexity index is 296. The van der Waals surface area contributed by atoms with Gasteiger partial charge in [0.25, 0.3) is 0 Å². The second-order valence-electron chi connectivity index (χ2n) is 6.42. The summed E-state index contributed by atoms with van der Waals surface area (Å²) in [5.41, 5.74) is 0.00857. The number of nitrogens with zero attached hydrogens (tertiary/aromatic N) is 1. The van der Waals surface area contributed by atoms with Crippen LogP contribution in [0.1, 0.15) is 46.5 Å². The Morgan fingerprint density at radius 1 is 1.37 bits per heavy atom. The van der Waals surface area contributed by atoms with Crippen molar-refractivity contribution in [3.05, 3.63) is 0 Å². The van der Waals surface area contributed by atoms with Crippen LogP contribution in [0.15, 0.2) is 4.99 Å².